The van der Waals surface area contributed by atoms with Crippen LogP contribution in [0.1, 0.15) is 25.8 Å². The molecule has 1 aliphatic rings. The van der Waals surface area contributed by atoms with Crippen LogP contribution < -0.4 is 10.6 Å². The molecule has 2 amide bonds. The molecule has 1 heterocycles. The second-order valence-corrected chi connectivity index (χ2v) is 6.65. The van der Waals surface area contributed by atoms with Gasteiger partial charge in [-0.3, -0.25) is 14.4 Å². The predicted molar refractivity (Wildman–Crippen MR) is 100 cm³/mol. The minimum Gasteiger partial charge on any atom is -0.463 e. The Morgan fingerprint density at radius 2 is 2.04 bits per heavy atom. The molecule has 0 aliphatic carbocycles. The molecule has 1 atom stereocenters. The topological polar surface area (TPSA) is 87.7 Å². The highest BCUT2D eigenvalue weighted by Crippen LogP contribution is 2.11. The fourth-order valence-electron chi connectivity index (χ4n) is 2.65. The van der Waals surface area contributed by atoms with Crippen LogP contribution in [-0.2, 0) is 25.5 Å². The van der Waals surface area contributed by atoms with Crippen LogP contribution in [0.3, 0.4) is 0 Å². The molecule has 0 saturated carbocycles. The Balaban J connectivity index is 1.98. The molecule has 8 heteroatoms. The zero-order valence-corrected chi connectivity index (χ0v) is 15.7. The number of piperazine rings is 1. The number of thiocarbonyl (C=S) groups is 1. The van der Waals surface area contributed by atoms with E-state index in [0.717, 1.165) is 5.56 Å². The van der Waals surface area contributed by atoms with Crippen molar-refractivity contribution in [2.24, 2.45) is 0 Å². The number of carbonyl (C=O) groups excluding carboxylic acids is 3. The van der Waals surface area contributed by atoms with Crippen molar-refractivity contribution < 1.29 is 19.1 Å². The molecule has 7 nitrogen and oxygen atoms in total. The van der Waals surface area contributed by atoms with E-state index < -0.39 is 12.0 Å². The molecular formula is C18H23N3O4S. The summed E-state index contributed by atoms with van der Waals surface area (Å²) in [4.78, 5) is 37.9. The fourth-order valence-corrected chi connectivity index (χ4v) is 2.98. The first kappa shape index (κ1) is 19.8. The molecular weight excluding hydrogens is 354 g/mol. The first-order valence-electron chi connectivity index (χ1n) is 8.48. The standard InChI is InChI=1S/C18H23N3O4S/c1-12(2)25-16(23)11-14-17(24)19-8-9-21(14)18(26)20-15(22)10-13-6-4-3-5-7-13/h3-7,12,14H,8-11H2,1-2H3,(H,19,24)(H,20,22,26)/t14-/m1/s1. The summed E-state index contributed by atoms with van der Waals surface area (Å²) < 4.78 is 5.11. The van der Waals surface area contributed by atoms with E-state index in [2.05, 4.69) is 10.6 Å². The van der Waals surface area contributed by atoms with Gasteiger partial charge in [0.15, 0.2) is 5.11 Å². The number of rotatable bonds is 5. The van der Waals surface area contributed by atoms with Crippen molar-refractivity contribution >= 4 is 35.1 Å². The average Bonchev–Trinajstić information content (AvgIpc) is 2.56. The van der Waals surface area contributed by atoms with Gasteiger partial charge >= 0.3 is 5.97 Å². The zero-order chi connectivity index (χ0) is 19.1. The van der Waals surface area contributed by atoms with Gasteiger partial charge in [-0.1, -0.05) is 30.3 Å². The third kappa shape index (κ3) is 5.80. The number of ether oxygens (including phenoxy) is 1. The number of hydrogen-bond donors (Lipinski definition) is 2. The summed E-state index contributed by atoms with van der Waals surface area (Å²) in [5.41, 5.74) is 0.862. The summed E-state index contributed by atoms with van der Waals surface area (Å²) in [7, 11) is 0. The normalized spacial score (nSPS) is 16.8. The molecule has 1 saturated heterocycles. The summed E-state index contributed by atoms with van der Waals surface area (Å²) >= 11 is 5.30. The average molecular weight is 377 g/mol. The van der Waals surface area contributed by atoms with Crippen molar-refractivity contribution in [3.05, 3.63) is 35.9 Å². The number of carbonyl (C=O) groups is 3. The minimum absolute atomic E-state index is 0.126. The zero-order valence-electron chi connectivity index (χ0n) is 14.9. The molecule has 26 heavy (non-hydrogen) atoms. The van der Waals surface area contributed by atoms with Gasteiger partial charge in [0.2, 0.25) is 11.8 Å². The molecule has 1 aromatic rings. The summed E-state index contributed by atoms with van der Waals surface area (Å²) in [6, 6.07) is 8.49. The van der Waals surface area contributed by atoms with Crippen molar-refractivity contribution in [1.82, 2.24) is 15.5 Å². The van der Waals surface area contributed by atoms with Crippen LogP contribution >= 0.6 is 12.2 Å². The summed E-state index contributed by atoms with van der Waals surface area (Å²) in [5.74, 6) is -1.06. The number of amides is 2. The molecule has 0 bridgehead atoms. The molecule has 0 radical (unpaired) electrons. The van der Waals surface area contributed by atoms with Gasteiger partial charge < -0.3 is 20.3 Å². The Kier molecular flexibility index (Phi) is 7.08. The first-order chi connectivity index (χ1) is 12.4. The Labute approximate surface area is 158 Å². The molecule has 140 valence electrons. The van der Waals surface area contributed by atoms with Gasteiger partial charge in [0.05, 0.1) is 18.9 Å². The highest BCUT2D eigenvalue weighted by Gasteiger charge is 2.34. The van der Waals surface area contributed by atoms with Gasteiger partial charge in [0.25, 0.3) is 0 Å². The summed E-state index contributed by atoms with van der Waals surface area (Å²) in [5, 5.41) is 5.50. The summed E-state index contributed by atoms with van der Waals surface area (Å²) in [6.07, 6.45) is -0.208. The van der Waals surface area contributed by atoms with Crippen LogP contribution in [0, 0.1) is 0 Å². The molecule has 0 unspecified atom stereocenters. The maximum atomic E-state index is 12.2. The quantitative estimate of drug-likeness (QED) is 0.582. The Morgan fingerprint density at radius 3 is 2.69 bits per heavy atom. The second-order valence-electron chi connectivity index (χ2n) is 6.26. The van der Waals surface area contributed by atoms with Gasteiger partial charge in [-0.05, 0) is 31.6 Å². The van der Waals surface area contributed by atoms with E-state index in [1.807, 2.05) is 30.3 Å². The van der Waals surface area contributed by atoms with Crippen LogP contribution in [0.15, 0.2) is 30.3 Å². The number of benzene rings is 1. The molecule has 0 aromatic heterocycles. The molecule has 0 spiro atoms. The van der Waals surface area contributed by atoms with Crippen LogP contribution in [0.5, 0.6) is 0 Å². The van der Waals surface area contributed by atoms with Crippen molar-refractivity contribution in [2.75, 3.05) is 13.1 Å². The number of nitrogens with one attached hydrogen (secondary N) is 2. The lowest BCUT2D eigenvalue weighted by atomic mass is 10.1. The molecule has 2 N–H and O–H groups in total. The Hall–Kier alpha value is -2.48. The third-order valence-electron chi connectivity index (χ3n) is 3.77. The molecule has 1 fully saturated rings. The van der Waals surface area contributed by atoms with Crippen LogP contribution in [0.25, 0.3) is 0 Å². The Morgan fingerprint density at radius 1 is 1.35 bits per heavy atom. The van der Waals surface area contributed by atoms with Crippen LogP contribution in [0.4, 0.5) is 0 Å². The van der Waals surface area contributed by atoms with Gasteiger partial charge in [-0.15, -0.1) is 0 Å². The van der Waals surface area contributed by atoms with E-state index in [9.17, 15) is 14.4 Å². The van der Waals surface area contributed by atoms with Gasteiger partial charge in [-0.2, -0.15) is 0 Å². The van der Waals surface area contributed by atoms with Gasteiger partial charge in [0, 0.05) is 13.1 Å². The second kappa shape index (κ2) is 9.28. The van der Waals surface area contributed by atoms with Crippen molar-refractivity contribution in [3.8, 4) is 0 Å². The highest BCUT2D eigenvalue weighted by atomic mass is 32.1. The lowest BCUT2D eigenvalue weighted by Gasteiger charge is -2.36. The Bertz CT molecular complexity index is 678. The number of esters is 1. The lowest BCUT2D eigenvalue weighted by molar-refractivity contribution is -0.150. The molecule has 1 aliphatic heterocycles. The SMILES string of the molecule is CC(C)OC(=O)C[C@@H]1C(=O)NCCN1C(=S)NC(=O)Cc1ccccc1. The van der Waals surface area contributed by atoms with E-state index in [1.54, 1.807) is 18.7 Å². The minimum atomic E-state index is -0.792. The van der Waals surface area contributed by atoms with E-state index in [-0.39, 0.29) is 35.9 Å². The van der Waals surface area contributed by atoms with E-state index >= 15 is 0 Å². The first-order valence-corrected chi connectivity index (χ1v) is 8.89. The third-order valence-corrected chi connectivity index (χ3v) is 4.11. The molecule has 2 rings (SSSR count). The van der Waals surface area contributed by atoms with E-state index in [0.29, 0.717) is 13.1 Å². The van der Waals surface area contributed by atoms with Crippen molar-refractivity contribution in [3.63, 3.8) is 0 Å². The van der Waals surface area contributed by atoms with Crippen molar-refractivity contribution in [1.29, 1.82) is 0 Å². The highest BCUT2D eigenvalue weighted by molar-refractivity contribution is 7.80. The van der Waals surface area contributed by atoms with E-state index in [4.69, 9.17) is 17.0 Å². The predicted octanol–water partition coefficient (Wildman–Crippen LogP) is 0.772. The summed E-state index contributed by atoms with van der Waals surface area (Å²) in [6.45, 7) is 4.29. The maximum Gasteiger partial charge on any atom is 0.308 e. The van der Waals surface area contributed by atoms with Gasteiger partial charge in [-0.25, -0.2) is 0 Å². The molecule has 1 aromatic carbocycles. The van der Waals surface area contributed by atoms with Gasteiger partial charge in [0.1, 0.15) is 6.04 Å². The monoisotopic (exact) mass is 377 g/mol. The maximum absolute atomic E-state index is 12.2. The number of hydrogen-bond acceptors (Lipinski definition) is 5. The number of nitrogens with zero attached hydrogens (tertiary/aromatic N) is 1. The van der Waals surface area contributed by atoms with Crippen molar-refractivity contribution in [2.45, 2.75) is 38.8 Å². The van der Waals surface area contributed by atoms with Crippen LogP contribution in [-0.4, -0.2) is 53.0 Å². The van der Waals surface area contributed by atoms with Crippen LogP contribution in [0.2, 0.25) is 0 Å². The van der Waals surface area contributed by atoms with E-state index in [1.165, 1.54) is 0 Å². The smallest absolute Gasteiger partial charge is 0.308 e. The fraction of sp³-hybridized carbons (Fsp3) is 0.444. The lowest BCUT2D eigenvalue weighted by Crippen LogP contribution is -2.60. The largest absolute Gasteiger partial charge is 0.463 e.